The molecule has 0 aromatic rings. The van der Waals surface area contributed by atoms with Crippen molar-refractivity contribution in [3.8, 4) is 6.07 Å². The highest BCUT2D eigenvalue weighted by molar-refractivity contribution is 5.78. The first-order valence-electron chi connectivity index (χ1n) is 7.18. The lowest BCUT2D eigenvalue weighted by molar-refractivity contribution is -0.132. The standard InChI is InChI=1S/C14H26N4O/c1-16-9-7-13-6-3-4-11-18(13)12-14(19)17(2)10-5-8-15/h13,16H,3-7,9-12H2,1-2H3. The Hall–Kier alpha value is -1.12. The SMILES string of the molecule is CNCCC1CCCCN1CC(=O)N(C)CCC#N. The van der Waals surface area contributed by atoms with Crippen molar-refractivity contribution in [3.05, 3.63) is 0 Å². The van der Waals surface area contributed by atoms with Crippen molar-refractivity contribution in [2.75, 3.05) is 40.3 Å². The van der Waals surface area contributed by atoms with Gasteiger partial charge in [0.2, 0.25) is 5.91 Å². The second-order valence-corrected chi connectivity index (χ2v) is 5.24. The van der Waals surface area contributed by atoms with E-state index in [9.17, 15) is 4.79 Å². The number of amides is 1. The van der Waals surface area contributed by atoms with Crippen LogP contribution >= 0.6 is 0 Å². The summed E-state index contributed by atoms with van der Waals surface area (Å²) in [5.41, 5.74) is 0. The van der Waals surface area contributed by atoms with E-state index < -0.39 is 0 Å². The summed E-state index contributed by atoms with van der Waals surface area (Å²) in [5.74, 6) is 0.131. The zero-order chi connectivity index (χ0) is 14.1. The number of likely N-dealkylation sites (tertiary alicyclic amines) is 1. The third kappa shape index (κ3) is 5.58. The van der Waals surface area contributed by atoms with Crippen LogP contribution in [-0.4, -0.2) is 62.0 Å². The Morgan fingerprint density at radius 3 is 3.00 bits per heavy atom. The van der Waals surface area contributed by atoms with Crippen LogP contribution in [0.2, 0.25) is 0 Å². The molecule has 1 fully saturated rings. The van der Waals surface area contributed by atoms with Crippen LogP contribution in [0.15, 0.2) is 0 Å². The number of nitriles is 1. The minimum absolute atomic E-state index is 0.131. The molecule has 1 aliphatic rings. The molecule has 1 atom stereocenters. The van der Waals surface area contributed by atoms with Gasteiger partial charge in [-0.1, -0.05) is 6.42 Å². The fraction of sp³-hybridized carbons (Fsp3) is 0.857. The highest BCUT2D eigenvalue weighted by atomic mass is 16.2. The fourth-order valence-corrected chi connectivity index (χ4v) is 2.54. The number of carbonyl (C=O) groups excluding carboxylic acids is 1. The van der Waals surface area contributed by atoms with Gasteiger partial charge in [-0.05, 0) is 39.4 Å². The summed E-state index contributed by atoms with van der Waals surface area (Å²) in [6.45, 7) is 3.05. The molecule has 1 rings (SSSR count). The van der Waals surface area contributed by atoms with Crippen LogP contribution in [0.1, 0.15) is 32.1 Å². The van der Waals surface area contributed by atoms with Crippen molar-refractivity contribution in [2.24, 2.45) is 0 Å². The van der Waals surface area contributed by atoms with Gasteiger partial charge in [0.25, 0.3) is 0 Å². The Balaban J connectivity index is 2.42. The molecule has 108 valence electrons. The maximum atomic E-state index is 12.1. The summed E-state index contributed by atoms with van der Waals surface area (Å²) in [7, 11) is 3.75. The predicted octanol–water partition coefficient (Wildman–Crippen LogP) is 0.822. The number of carbonyl (C=O) groups is 1. The maximum Gasteiger partial charge on any atom is 0.236 e. The van der Waals surface area contributed by atoms with E-state index in [4.69, 9.17) is 5.26 Å². The number of piperidine rings is 1. The van der Waals surface area contributed by atoms with Gasteiger partial charge in [0.1, 0.15) is 0 Å². The van der Waals surface area contributed by atoms with Crippen molar-refractivity contribution in [3.63, 3.8) is 0 Å². The normalized spacial score (nSPS) is 19.9. The summed E-state index contributed by atoms with van der Waals surface area (Å²) in [4.78, 5) is 16.1. The first-order chi connectivity index (χ1) is 9.19. The lowest BCUT2D eigenvalue weighted by atomic mass is 9.99. The van der Waals surface area contributed by atoms with Gasteiger partial charge in [-0.15, -0.1) is 0 Å². The van der Waals surface area contributed by atoms with Gasteiger partial charge in [-0.3, -0.25) is 9.69 Å². The van der Waals surface area contributed by atoms with Crippen molar-refractivity contribution < 1.29 is 4.79 Å². The second kappa shape index (κ2) is 8.89. The number of rotatable bonds is 7. The van der Waals surface area contributed by atoms with E-state index in [1.54, 1.807) is 11.9 Å². The van der Waals surface area contributed by atoms with Gasteiger partial charge < -0.3 is 10.2 Å². The lowest BCUT2D eigenvalue weighted by Crippen LogP contribution is -2.46. The van der Waals surface area contributed by atoms with Crippen LogP contribution in [-0.2, 0) is 4.79 Å². The molecule has 0 spiro atoms. The molecular formula is C14H26N4O. The molecule has 1 saturated heterocycles. The summed E-state index contributed by atoms with van der Waals surface area (Å²) in [6.07, 6.45) is 5.16. The van der Waals surface area contributed by atoms with Gasteiger partial charge in [-0.25, -0.2) is 0 Å². The van der Waals surface area contributed by atoms with E-state index >= 15 is 0 Å². The Morgan fingerprint density at radius 1 is 1.53 bits per heavy atom. The molecule has 1 unspecified atom stereocenters. The molecule has 1 amide bonds. The maximum absolute atomic E-state index is 12.1. The molecule has 0 saturated carbocycles. The average molecular weight is 266 g/mol. The molecule has 1 heterocycles. The van der Waals surface area contributed by atoms with Crippen molar-refractivity contribution in [1.29, 1.82) is 5.26 Å². The minimum atomic E-state index is 0.131. The van der Waals surface area contributed by atoms with Crippen LogP contribution in [0.3, 0.4) is 0 Å². The third-order valence-electron chi connectivity index (χ3n) is 3.80. The summed E-state index contributed by atoms with van der Waals surface area (Å²) < 4.78 is 0. The Kier molecular flexibility index (Phi) is 7.46. The number of nitrogens with one attached hydrogen (secondary N) is 1. The molecule has 5 nitrogen and oxygen atoms in total. The molecule has 0 aliphatic carbocycles. The van der Waals surface area contributed by atoms with E-state index in [1.165, 1.54) is 19.3 Å². The fourth-order valence-electron chi connectivity index (χ4n) is 2.54. The number of hydrogen-bond acceptors (Lipinski definition) is 4. The molecule has 5 heteroatoms. The van der Waals surface area contributed by atoms with Gasteiger partial charge >= 0.3 is 0 Å². The first-order valence-corrected chi connectivity index (χ1v) is 7.18. The second-order valence-electron chi connectivity index (χ2n) is 5.24. The zero-order valence-corrected chi connectivity index (χ0v) is 12.2. The van der Waals surface area contributed by atoms with E-state index in [0.29, 0.717) is 25.6 Å². The van der Waals surface area contributed by atoms with E-state index in [-0.39, 0.29) is 5.91 Å². The van der Waals surface area contributed by atoms with Gasteiger partial charge in [0, 0.05) is 19.6 Å². The Morgan fingerprint density at radius 2 is 2.32 bits per heavy atom. The summed E-state index contributed by atoms with van der Waals surface area (Å²) in [5, 5.41) is 11.7. The average Bonchev–Trinajstić information content (AvgIpc) is 2.43. The van der Waals surface area contributed by atoms with Gasteiger partial charge in [0.05, 0.1) is 19.0 Å². The molecule has 0 aromatic heterocycles. The topological polar surface area (TPSA) is 59.4 Å². The molecule has 0 bridgehead atoms. The van der Waals surface area contributed by atoms with Crippen molar-refractivity contribution in [1.82, 2.24) is 15.1 Å². The molecule has 1 aliphatic heterocycles. The van der Waals surface area contributed by atoms with Crippen molar-refractivity contribution in [2.45, 2.75) is 38.1 Å². The zero-order valence-electron chi connectivity index (χ0n) is 12.2. The number of nitrogens with zero attached hydrogens (tertiary/aromatic N) is 3. The van der Waals surface area contributed by atoms with Gasteiger partial charge in [-0.2, -0.15) is 5.26 Å². The highest BCUT2D eigenvalue weighted by Crippen LogP contribution is 2.19. The molecule has 0 aromatic carbocycles. The molecular weight excluding hydrogens is 240 g/mol. The van der Waals surface area contributed by atoms with E-state index in [2.05, 4.69) is 16.3 Å². The monoisotopic (exact) mass is 266 g/mol. The van der Waals surface area contributed by atoms with Crippen molar-refractivity contribution >= 4 is 5.91 Å². The number of hydrogen-bond donors (Lipinski definition) is 1. The molecule has 19 heavy (non-hydrogen) atoms. The van der Waals surface area contributed by atoms with Crippen LogP contribution in [0.4, 0.5) is 0 Å². The van der Waals surface area contributed by atoms with Crippen LogP contribution in [0.25, 0.3) is 0 Å². The van der Waals surface area contributed by atoms with E-state index in [1.807, 2.05) is 7.05 Å². The first kappa shape index (κ1) is 15.9. The Labute approximate surface area is 116 Å². The van der Waals surface area contributed by atoms with Gasteiger partial charge in [0.15, 0.2) is 0 Å². The largest absolute Gasteiger partial charge is 0.344 e. The van der Waals surface area contributed by atoms with E-state index in [0.717, 1.165) is 19.5 Å². The smallest absolute Gasteiger partial charge is 0.236 e. The quantitative estimate of drug-likeness (QED) is 0.741. The third-order valence-corrected chi connectivity index (χ3v) is 3.80. The highest BCUT2D eigenvalue weighted by Gasteiger charge is 2.24. The van der Waals surface area contributed by atoms with Crippen LogP contribution < -0.4 is 5.32 Å². The molecule has 0 radical (unpaired) electrons. The predicted molar refractivity (Wildman–Crippen MR) is 75.6 cm³/mol. The Bertz CT molecular complexity index is 313. The number of likely N-dealkylation sites (N-methyl/N-ethyl adjacent to an activating group) is 1. The van der Waals surface area contributed by atoms with Crippen LogP contribution in [0, 0.1) is 11.3 Å². The lowest BCUT2D eigenvalue weighted by Gasteiger charge is -2.36. The summed E-state index contributed by atoms with van der Waals surface area (Å²) in [6, 6.07) is 2.60. The van der Waals surface area contributed by atoms with Crippen LogP contribution in [0.5, 0.6) is 0 Å². The minimum Gasteiger partial charge on any atom is -0.344 e. The summed E-state index contributed by atoms with van der Waals surface area (Å²) >= 11 is 0. The molecule has 1 N–H and O–H groups in total.